The largest absolute Gasteiger partial charge is 0.481 e. The molecule has 0 spiro atoms. The SMILES string of the molecule is CC(CNC(=O)Nc1ccc(Cl)cc1Cl)C(=O)O. The number of carboxylic acid groups (broad SMARTS) is 1. The van der Waals surface area contributed by atoms with Crippen molar-refractivity contribution >= 4 is 40.9 Å². The Labute approximate surface area is 114 Å². The summed E-state index contributed by atoms with van der Waals surface area (Å²) >= 11 is 11.6. The molecule has 1 aromatic carbocycles. The van der Waals surface area contributed by atoms with Crippen LogP contribution in [0.1, 0.15) is 6.92 Å². The van der Waals surface area contributed by atoms with Crippen LogP contribution in [0.5, 0.6) is 0 Å². The van der Waals surface area contributed by atoms with Crippen molar-refractivity contribution in [2.45, 2.75) is 6.92 Å². The summed E-state index contributed by atoms with van der Waals surface area (Å²) in [5.41, 5.74) is 0.404. The van der Waals surface area contributed by atoms with Crippen molar-refractivity contribution in [1.29, 1.82) is 0 Å². The molecule has 1 aromatic rings. The summed E-state index contributed by atoms with van der Waals surface area (Å²) < 4.78 is 0. The molecule has 0 bridgehead atoms. The molecule has 0 aliphatic heterocycles. The molecule has 0 radical (unpaired) electrons. The van der Waals surface area contributed by atoms with E-state index in [2.05, 4.69) is 10.6 Å². The third-order valence-corrected chi connectivity index (χ3v) is 2.72. The summed E-state index contributed by atoms with van der Waals surface area (Å²) in [6, 6.07) is 4.12. The average molecular weight is 291 g/mol. The van der Waals surface area contributed by atoms with E-state index >= 15 is 0 Å². The van der Waals surface area contributed by atoms with Gasteiger partial charge in [0.25, 0.3) is 0 Å². The van der Waals surface area contributed by atoms with Crippen LogP contribution in [0.15, 0.2) is 18.2 Å². The summed E-state index contributed by atoms with van der Waals surface area (Å²) in [6.45, 7) is 1.53. The van der Waals surface area contributed by atoms with Crippen LogP contribution in [0.25, 0.3) is 0 Å². The van der Waals surface area contributed by atoms with Gasteiger partial charge in [0.2, 0.25) is 0 Å². The van der Waals surface area contributed by atoms with E-state index in [0.29, 0.717) is 15.7 Å². The number of aliphatic carboxylic acids is 1. The van der Waals surface area contributed by atoms with Gasteiger partial charge in [0.15, 0.2) is 0 Å². The van der Waals surface area contributed by atoms with Crippen LogP contribution in [0.3, 0.4) is 0 Å². The molecule has 1 unspecified atom stereocenters. The highest BCUT2D eigenvalue weighted by atomic mass is 35.5. The second-order valence-electron chi connectivity index (χ2n) is 3.70. The maximum absolute atomic E-state index is 11.5. The minimum atomic E-state index is -0.972. The highest BCUT2D eigenvalue weighted by Gasteiger charge is 2.12. The number of anilines is 1. The summed E-state index contributed by atoms with van der Waals surface area (Å²) in [5, 5.41) is 14.4. The van der Waals surface area contributed by atoms with E-state index in [9.17, 15) is 9.59 Å². The van der Waals surface area contributed by atoms with Crippen molar-refractivity contribution in [3.63, 3.8) is 0 Å². The van der Waals surface area contributed by atoms with Crippen LogP contribution >= 0.6 is 23.2 Å². The standard InChI is InChI=1S/C11H12Cl2N2O3/c1-6(10(16)17)5-14-11(18)15-9-3-2-7(12)4-8(9)13/h2-4,6H,5H2,1H3,(H,16,17)(H2,14,15,18). The fraction of sp³-hybridized carbons (Fsp3) is 0.273. The lowest BCUT2D eigenvalue weighted by Gasteiger charge is -2.11. The Hall–Kier alpha value is -1.46. The lowest BCUT2D eigenvalue weighted by molar-refractivity contribution is -0.140. The van der Waals surface area contributed by atoms with Crippen molar-refractivity contribution < 1.29 is 14.7 Å². The van der Waals surface area contributed by atoms with Gasteiger partial charge in [0.1, 0.15) is 0 Å². The number of halogens is 2. The molecule has 0 aromatic heterocycles. The lowest BCUT2D eigenvalue weighted by atomic mass is 10.2. The van der Waals surface area contributed by atoms with Gasteiger partial charge in [-0.3, -0.25) is 4.79 Å². The molecule has 0 saturated carbocycles. The lowest BCUT2D eigenvalue weighted by Crippen LogP contribution is -2.34. The number of urea groups is 1. The molecule has 0 heterocycles. The van der Waals surface area contributed by atoms with E-state index in [1.807, 2.05) is 0 Å². The van der Waals surface area contributed by atoms with E-state index in [4.69, 9.17) is 28.3 Å². The van der Waals surface area contributed by atoms with Crippen molar-refractivity contribution in [1.82, 2.24) is 5.32 Å². The zero-order valence-electron chi connectivity index (χ0n) is 9.54. The number of carboxylic acids is 1. The smallest absolute Gasteiger partial charge is 0.319 e. The molecule has 0 saturated heterocycles. The van der Waals surface area contributed by atoms with Crippen LogP contribution < -0.4 is 10.6 Å². The Kier molecular flexibility index (Phi) is 5.25. The van der Waals surface area contributed by atoms with E-state index < -0.39 is 17.9 Å². The van der Waals surface area contributed by atoms with Gasteiger partial charge < -0.3 is 15.7 Å². The summed E-state index contributed by atoms with van der Waals surface area (Å²) in [7, 11) is 0. The van der Waals surface area contributed by atoms with Crippen molar-refractivity contribution in [2.24, 2.45) is 5.92 Å². The molecule has 98 valence electrons. The monoisotopic (exact) mass is 290 g/mol. The number of amides is 2. The molecule has 0 aliphatic carbocycles. The van der Waals surface area contributed by atoms with E-state index in [1.165, 1.54) is 13.0 Å². The zero-order chi connectivity index (χ0) is 13.7. The predicted octanol–water partition coefficient (Wildman–Crippen LogP) is 2.84. The summed E-state index contributed by atoms with van der Waals surface area (Å²) in [4.78, 5) is 22.0. The fourth-order valence-corrected chi connectivity index (χ4v) is 1.55. The second-order valence-corrected chi connectivity index (χ2v) is 4.54. The molecule has 2 amide bonds. The van der Waals surface area contributed by atoms with Crippen LogP contribution in [0.2, 0.25) is 10.0 Å². The first-order chi connectivity index (χ1) is 8.40. The third kappa shape index (κ3) is 4.43. The van der Waals surface area contributed by atoms with Gasteiger partial charge in [0, 0.05) is 11.6 Å². The van der Waals surface area contributed by atoms with E-state index in [1.54, 1.807) is 12.1 Å². The Morgan fingerprint density at radius 2 is 2.06 bits per heavy atom. The third-order valence-electron chi connectivity index (χ3n) is 2.17. The molecule has 18 heavy (non-hydrogen) atoms. The molecule has 1 rings (SSSR count). The quantitative estimate of drug-likeness (QED) is 0.798. The van der Waals surface area contributed by atoms with Crippen LogP contribution in [0, 0.1) is 5.92 Å². The minimum Gasteiger partial charge on any atom is -0.481 e. The molecule has 5 nitrogen and oxygen atoms in total. The summed E-state index contributed by atoms with van der Waals surface area (Å²) in [6.07, 6.45) is 0. The molecule has 0 fully saturated rings. The van der Waals surface area contributed by atoms with Gasteiger partial charge >= 0.3 is 12.0 Å². The number of rotatable bonds is 4. The van der Waals surface area contributed by atoms with Crippen LogP contribution in [-0.2, 0) is 4.79 Å². The van der Waals surface area contributed by atoms with Gasteiger partial charge in [-0.25, -0.2) is 4.79 Å². The van der Waals surface area contributed by atoms with Gasteiger partial charge in [-0.15, -0.1) is 0 Å². The van der Waals surface area contributed by atoms with E-state index in [0.717, 1.165) is 0 Å². The molecule has 0 aliphatic rings. The van der Waals surface area contributed by atoms with Gasteiger partial charge in [0.05, 0.1) is 16.6 Å². The molecule has 7 heteroatoms. The van der Waals surface area contributed by atoms with Gasteiger partial charge in [-0.1, -0.05) is 30.1 Å². The number of hydrogen-bond donors (Lipinski definition) is 3. The first-order valence-corrected chi connectivity index (χ1v) is 5.88. The normalized spacial score (nSPS) is 11.7. The highest BCUT2D eigenvalue weighted by molar-refractivity contribution is 6.36. The van der Waals surface area contributed by atoms with Crippen LogP contribution in [-0.4, -0.2) is 23.7 Å². The minimum absolute atomic E-state index is 0.0341. The fourth-order valence-electron chi connectivity index (χ4n) is 1.09. The van der Waals surface area contributed by atoms with Crippen molar-refractivity contribution in [2.75, 3.05) is 11.9 Å². The maximum atomic E-state index is 11.5. The Bertz CT molecular complexity index is 466. The Morgan fingerprint density at radius 1 is 1.39 bits per heavy atom. The molecular weight excluding hydrogens is 279 g/mol. The highest BCUT2D eigenvalue weighted by Crippen LogP contribution is 2.25. The number of carbonyl (C=O) groups excluding carboxylic acids is 1. The Morgan fingerprint density at radius 3 is 2.61 bits per heavy atom. The topological polar surface area (TPSA) is 78.4 Å². The van der Waals surface area contributed by atoms with Gasteiger partial charge in [-0.2, -0.15) is 0 Å². The molecular formula is C11H12Cl2N2O3. The zero-order valence-corrected chi connectivity index (χ0v) is 11.0. The first-order valence-electron chi connectivity index (χ1n) is 5.13. The number of hydrogen-bond acceptors (Lipinski definition) is 2. The number of carbonyl (C=O) groups is 2. The maximum Gasteiger partial charge on any atom is 0.319 e. The Balaban J connectivity index is 2.52. The summed E-state index contributed by atoms with van der Waals surface area (Å²) in [5.74, 6) is -1.63. The van der Waals surface area contributed by atoms with Crippen molar-refractivity contribution in [3.8, 4) is 0 Å². The van der Waals surface area contributed by atoms with E-state index in [-0.39, 0.29) is 6.54 Å². The average Bonchev–Trinajstić information content (AvgIpc) is 2.29. The first kappa shape index (κ1) is 14.6. The van der Waals surface area contributed by atoms with Crippen molar-refractivity contribution in [3.05, 3.63) is 28.2 Å². The predicted molar refractivity (Wildman–Crippen MR) is 70.3 cm³/mol. The second kappa shape index (κ2) is 6.47. The molecule has 3 N–H and O–H groups in total. The number of nitrogens with one attached hydrogen (secondary N) is 2. The van der Waals surface area contributed by atoms with Gasteiger partial charge in [-0.05, 0) is 18.2 Å². The van der Waals surface area contributed by atoms with Crippen LogP contribution in [0.4, 0.5) is 10.5 Å². The number of benzene rings is 1. The molecule has 1 atom stereocenters.